The molecule has 0 bridgehead atoms. The van der Waals surface area contributed by atoms with Gasteiger partial charge in [0.25, 0.3) is 0 Å². The molecule has 0 saturated carbocycles. The summed E-state index contributed by atoms with van der Waals surface area (Å²) in [6.45, 7) is 9.58. The van der Waals surface area contributed by atoms with E-state index < -0.39 is 0 Å². The molecule has 156 valence electrons. The van der Waals surface area contributed by atoms with Crippen molar-refractivity contribution in [3.63, 3.8) is 0 Å². The minimum Gasteiger partial charge on any atom is -0.305 e. The molecule has 0 radical (unpaired) electrons. The molecule has 0 unspecified atom stereocenters. The highest BCUT2D eigenvalue weighted by atomic mass is 15.4. The van der Waals surface area contributed by atoms with Gasteiger partial charge in [-0.3, -0.25) is 0 Å². The molecule has 5 rings (SSSR count). The van der Waals surface area contributed by atoms with Crippen LogP contribution in [0.15, 0.2) is 72.8 Å². The van der Waals surface area contributed by atoms with Crippen LogP contribution in [-0.4, -0.2) is 16.6 Å². The molecule has 1 aromatic heterocycles. The van der Waals surface area contributed by atoms with Gasteiger partial charge in [-0.2, -0.15) is 0 Å². The second-order valence-electron chi connectivity index (χ2n) is 8.85. The summed E-state index contributed by atoms with van der Waals surface area (Å²) in [7, 11) is 0. The van der Waals surface area contributed by atoms with Crippen molar-refractivity contribution in [2.75, 3.05) is 16.5 Å². The third-order valence-corrected chi connectivity index (χ3v) is 6.07. The van der Waals surface area contributed by atoms with Crippen molar-refractivity contribution in [2.24, 2.45) is 0 Å². The van der Waals surface area contributed by atoms with Crippen LogP contribution in [0.1, 0.15) is 50.7 Å². The predicted octanol–water partition coefficient (Wildman–Crippen LogP) is 7.12. The molecule has 4 aromatic rings. The van der Waals surface area contributed by atoms with E-state index >= 15 is 0 Å². The zero-order chi connectivity index (χ0) is 21.5. The Morgan fingerprint density at radius 3 is 1.32 bits per heavy atom. The van der Waals surface area contributed by atoms with Gasteiger partial charge in [0.1, 0.15) is 6.67 Å². The van der Waals surface area contributed by atoms with Gasteiger partial charge in [-0.05, 0) is 59.4 Å². The molecule has 31 heavy (non-hydrogen) atoms. The van der Waals surface area contributed by atoms with Crippen LogP contribution >= 0.6 is 0 Å². The molecule has 0 fully saturated rings. The Morgan fingerprint density at radius 2 is 0.968 bits per heavy atom. The Kier molecular flexibility index (Phi) is 4.85. The number of hydrogen-bond donors (Lipinski definition) is 0. The number of aromatic nitrogens is 2. The molecule has 1 aliphatic heterocycles. The third-order valence-electron chi connectivity index (χ3n) is 6.07. The van der Waals surface area contributed by atoms with Crippen molar-refractivity contribution in [2.45, 2.75) is 39.5 Å². The molecule has 0 saturated heterocycles. The number of rotatable bonds is 4. The van der Waals surface area contributed by atoms with Gasteiger partial charge in [-0.25, -0.2) is 9.97 Å². The summed E-state index contributed by atoms with van der Waals surface area (Å²) in [4.78, 5) is 14.5. The summed E-state index contributed by atoms with van der Waals surface area (Å²) in [5.41, 5.74) is 6.79. The van der Waals surface area contributed by atoms with Gasteiger partial charge >= 0.3 is 0 Å². The zero-order valence-electron chi connectivity index (χ0n) is 18.6. The summed E-state index contributed by atoms with van der Waals surface area (Å²) in [5.74, 6) is 2.84. The highest BCUT2D eigenvalue weighted by molar-refractivity contribution is 5.88. The van der Waals surface area contributed by atoms with Gasteiger partial charge < -0.3 is 9.80 Å². The molecule has 0 N–H and O–H groups in total. The lowest BCUT2D eigenvalue weighted by molar-refractivity contribution is 0.864. The van der Waals surface area contributed by atoms with E-state index in [2.05, 4.69) is 86.0 Å². The van der Waals surface area contributed by atoms with Crippen LogP contribution in [0.4, 0.5) is 23.0 Å². The second kappa shape index (κ2) is 7.69. The monoisotopic (exact) mass is 408 g/mol. The molecule has 4 heteroatoms. The summed E-state index contributed by atoms with van der Waals surface area (Å²) >= 11 is 0. The Balaban J connectivity index is 1.61. The zero-order valence-corrected chi connectivity index (χ0v) is 18.6. The number of hydrogen-bond acceptors (Lipinski definition) is 4. The first kappa shape index (κ1) is 19.6. The van der Waals surface area contributed by atoms with E-state index in [0.29, 0.717) is 18.5 Å². The van der Waals surface area contributed by atoms with Crippen LogP contribution in [-0.2, 0) is 0 Å². The summed E-state index contributed by atoms with van der Waals surface area (Å²) < 4.78 is 0. The molecular formula is C27H28N4. The average Bonchev–Trinajstić information content (AvgIpc) is 3.16. The predicted molar refractivity (Wildman–Crippen MR) is 130 cm³/mol. The quantitative estimate of drug-likeness (QED) is 0.360. The van der Waals surface area contributed by atoms with Crippen molar-refractivity contribution in [3.8, 4) is 0 Å². The van der Waals surface area contributed by atoms with Crippen molar-refractivity contribution in [1.29, 1.82) is 0 Å². The fourth-order valence-corrected chi connectivity index (χ4v) is 4.11. The highest BCUT2D eigenvalue weighted by Crippen LogP contribution is 2.42. The Hall–Kier alpha value is -3.40. The normalized spacial score (nSPS) is 13.5. The average molecular weight is 409 g/mol. The highest BCUT2D eigenvalue weighted by Gasteiger charge is 2.31. The van der Waals surface area contributed by atoms with E-state index in [1.54, 1.807) is 0 Å². The van der Waals surface area contributed by atoms with Crippen LogP contribution in [0.25, 0.3) is 11.0 Å². The number of nitrogens with zero attached hydrogens (tertiary/aromatic N) is 4. The first-order valence-corrected chi connectivity index (χ1v) is 11.0. The maximum Gasteiger partial charge on any atom is 0.179 e. The smallest absolute Gasteiger partial charge is 0.179 e. The topological polar surface area (TPSA) is 32.3 Å². The van der Waals surface area contributed by atoms with Crippen LogP contribution in [0, 0.1) is 0 Å². The van der Waals surface area contributed by atoms with Crippen molar-refractivity contribution in [3.05, 3.63) is 83.9 Å². The van der Waals surface area contributed by atoms with Gasteiger partial charge in [-0.15, -0.1) is 0 Å². The molecule has 0 atom stereocenters. The van der Waals surface area contributed by atoms with E-state index in [1.165, 1.54) is 11.1 Å². The van der Waals surface area contributed by atoms with Crippen LogP contribution in [0.5, 0.6) is 0 Å². The molecule has 1 aliphatic rings. The van der Waals surface area contributed by atoms with E-state index in [4.69, 9.17) is 9.97 Å². The lowest BCUT2D eigenvalue weighted by atomic mass is 10.0. The lowest BCUT2D eigenvalue weighted by Gasteiger charge is -2.21. The van der Waals surface area contributed by atoms with Crippen LogP contribution < -0.4 is 9.80 Å². The first-order chi connectivity index (χ1) is 15.0. The van der Waals surface area contributed by atoms with E-state index in [9.17, 15) is 0 Å². The lowest BCUT2D eigenvalue weighted by Crippen LogP contribution is -2.24. The van der Waals surface area contributed by atoms with Crippen molar-refractivity contribution < 1.29 is 0 Å². The molecule has 0 spiro atoms. The van der Waals surface area contributed by atoms with Gasteiger partial charge in [0.15, 0.2) is 11.6 Å². The first-order valence-electron chi connectivity index (χ1n) is 11.0. The molecule has 3 aromatic carbocycles. The van der Waals surface area contributed by atoms with Gasteiger partial charge in [-0.1, -0.05) is 64.1 Å². The summed E-state index contributed by atoms with van der Waals surface area (Å²) in [5, 5.41) is 0. The molecule has 4 nitrogen and oxygen atoms in total. The Labute approximate surface area is 184 Å². The minimum absolute atomic E-state index is 0.514. The number of benzene rings is 3. The summed E-state index contributed by atoms with van der Waals surface area (Å²) in [6.07, 6.45) is 0. The Morgan fingerprint density at radius 1 is 0.581 bits per heavy atom. The maximum absolute atomic E-state index is 5.01. The second-order valence-corrected chi connectivity index (χ2v) is 8.85. The van der Waals surface area contributed by atoms with E-state index in [0.717, 1.165) is 34.0 Å². The van der Waals surface area contributed by atoms with Gasteiger partial charge in [0.05, 0.1) is 11.0 Å². The Bertz CT molecular complexity index is 1110. The van der Waals surface area contributed by atoms with Crippen molar-refractivity contribution in [1.82, 2.24) is 9.97 Å². The van der Waals surface area contributed by atoms with Gasteiger partial charge in [0, 0.05) is 11.4 Å². The van der Waals surface area contributed by atoms with Gasteiger partial charge in [0.2, 0.25) is 0 Å². The fraction of sp³-hybridized carbons (Fsp3) is 0.259. The standard InChI is InChI=1S/C27H28N4/c1-18(2)20-9-13-22(14-10-20)30-17-31(23-15-11-21(12-16-23)19(3)4)27-26(30)28-24-7-5-6-8-25(24)29-27/h5-16,18-19H,17H2,1-4H3. The van der Waals surface area contributed by atoms with E-state index in [1.807, 2.05) is 24.3 Å². The SMILES string of the molecule is CC(C)c1ccc(N2CN(c3ccc(C(C)C)cc3)c3nc4ccccc4nc32)cc1. The molecule has 0 aliphatic carbocycles. The summed E-state index contributed by atoms with van der Waals surface area (Å²) in [6, 6.07) is 25.7. The molecule has 2 heterocycles. The van der Waals surface area contributed by atoms with Crippen LogP contribution in [0.2, 0.25) is 0 Å². The van der Waals surface area contributed by atoms with Crippen molar-refractivity contribution >= 4 is 34.0 Å². The van der Waals surface area contributed by atoms with E-state index in [-0.39, 0.29) is 0 Å². The number of para-hydroxylation sites is 2. The largest absolute Gasteiger partial charge is 0.305 e. The molecule has 0 amide bonds. The van der Waals surface area contributed by atoms with Crippen LogP contribution in [0.3, 0.4) is 0 Å². The maximum atomic E-state index is 5.01. The third kappa shape index (κ3) is 3.52. The fourth-order valence-electron chi connectivity index (χ4n) is 4.11. The molecular weight excluding hydrogens is 380 g/mol. The number of fused-ring (bicyclic) bond motifs is 2. The minimum atomic E-state index is 0.514. The number of anilines is 4.